The summed E-state index contributed by atoms with van der Waals surface area (Å²) < 4.78 is 10.3. The van der Waals surface area contributed by atoms with Gasteiger partial charge in [0.15, 0.2) is 6.10 Å². The van der Waals surface area contributed by atoms with Gasteiger partial charge in [0.2, 0.25) is 0 Å². The van der Waals surface area contributed by atoms with E-state index in [0.717, 1.165) is 12.8 Å². The molecule has 0 rings (SSSR count). The normalized spacial score (nSPS) is 12.5. The van der Waals surface area contributed by atoms with Crippen LogP contribution in [-0.2, 0) is 14.3 Å². The highest BCUT2D eigenvalue weighted by Crippen LogP contribution is 2.02. The number of carbonyl (C=O) groups excluding carboxylic acids is 1. The molecule has 1 atom stereocenters. The van der Waals surface area contributed by atoms with Crippen LogP contribution in [0, 0.1) is 0 Å². The van der Waals surface area contributed by atoms with Gasteiger partial charge in [-0.1, -0.05) is 20.8 Å². The summed E-state index contributed by atoms with van der Waals surface area (Å²) in [6, 6.07) is 0. The van der Waals surface area contributed by atoms with Crippen LogP contribution in [0.25, 0.3) is 0 Å². The van der Waals surface area contributed by atoms with E-state index in [0.29, 0.717) is 19.6 Å². The standard InChI is InChI=1S/C10H20O3/c1-4-7-12-9(6-3)10(11)13-8-5-2/h9H,4-8H2,1-3H3. The third kappa shape index (κ3) is 5.64. The van der Waals surface area contributed by atoms with Crippen LogP contribution in [0.15, 0.2) is 0 Å². The predicted octanol–water partition coefficient (Wildman–Crippen LogP) is 2.14. The maximum atomic E-state index is 11.3. The second-order valence-electron chi connectivity index (χ2n) is 2.94. The fourth-order valence-electron chi connectivity index (χ4n) is 0.908. The Morgan fingerprint density at radius 2 is 1.77 bits per heavy atom. The zero-order chi connectivity index (χ0) is 10.1. The summed E-state index contributed by atoms with van der Waals surface area (Å²) in [6.45, 7) is 7.03. The molecule has 0 amide bonds. The molecule has 0 aliphatic heterocycles. The smallest absolute Gasteiger partial charge is 0.335 e. The van der Waals surface area contributed by atoms with Gasteiger partial charge in [0.1, 0.15) is 0 Å². The molecule has 13 heavy (non-hydrogen) atoms. The van der Waals surface area contributed by atoms with Gasteiger partial charge in [-0.2, -0.15) is 0 Å². The summed E-state index contributed by atoms with van der Waals surface area (Å²) in [5.74, 6) is -0.224. The molecule has 0 heterocycles. The molecule has 3 heteroatoms. The number of hydrogen-bond acceptors (Lipinski definition) is 3. The van der Waals surface area contributed by atoms with Crippen molar-refractivity contribution in [3.63, 3.8) is 0 Å². The fourth-order valence-corrected chi connectivity index (χ4v) is 0.908. The second-order valence-corrected chi connectivity index (χ2v) is 2.94. The van der Waals surface area contributed by atoms with Crippen LogP contribution >= 0.6 is 0 Å². The first-order valence-corrected chi connectivity index (χ1v) is 5.04. The lowest BCUT2D eigenvalue weighted by atomic mass is 10.3. The molecule has 0 aliphatic rings. The molecule has 0 aromatic rings. The maximum absolute atomic E-state index is 11.3. The quantitative estimate of drug-likeness (QED) is 0.574. The van der Waals surface area contributed by atoms with Crippen LogP contribution in [0.4, 0.5) is 0 Å². The summed E-state index contributed by atoms with van der Waals surface area (Å²) in [5, 5.41) is 0. The average molecular weight is 188 g/mol. The van der Waals surface area contributed by atoms with E-state index in [2.05, 4.69) is 0 Å². The van der Waals surface area contributed by atoms with Crippen molar-refractivity contribution < 1.29 is 14.3 Å². The van der Waals surface area contributed by atoms with Crippen molar-refractivity contribution in [3.05, 3.63) is 0 Å². The number of rotatable bonds is 7. The number of esters is 1. The summed E-state index contributed by atoms with van der Waals surface area (Å²) >= 11 is 0. The van der Waals surface area contributed by atoms with E-state index < -0.39 is 0 Å². The molecule has 3 nitrogen and oxygen atoms in total. The number of carbonyl (C=O) groups is 1. The topological polar surface area (TPSA) is 35.5 Å². The minimum absolute atomic E-state index is 0.224. The van der Waals surface area contributed by atoms with Crippen molar-refractivity contribution in [1.29, 1.82) is 0 Å². The van der Waals surface area contributed by atoms with E-state index in [4.69, 9.17) is 9.47 Å². The third-order valence-electron chi connectivity index (χ3n) is 1.61. The Morgan fingerprint density at radius 3 is 2.23 bits per heavy atom. The molecular formula is C10H20O3. The van der Waals surface area contributed by atoms with Crippen molar-refractivity contribution in [1.82, 2.24) is 0 Å². The Morgan fingerprint density at radius 1 is 1.15 bits per heavy atom. The van der Waals surface area contributed by atoms with E-state index in [1.165, 1.54) is 0 Å². The highest BCUT2D eigenvalue weighted by molar-refractivity contribution is 5.74. The lowest BCUT2D eigenvalue weighted by Gasteiger charge is -2.14. The molecule has 1 unspecified atom stereocenters. The number of hydrogen-bond donors (Lipinski definition) is 0. The largest absolute Gasteiger partial charge is 0.464 e. The fraction of sp³-hybridized carbons (Fsp3) is 0.900. The molecule has 0 saturated carbocycles. The Balaban J connectivity index is 3.71. The van der Waals surface area contributed by atoms with Gasteiger partial charge in [-0.05, 0) is 19.3 Å². The summed E-state index contributed by atoms with van der Waals surface area (Å²) in [4.78, 5) is 11.3. The van der Waals surface area contributed by atoms with Gasteiger partial charge >= 0.3 is 5.97 Å². The third-order valence-corrected chi connectivity index (χ3v) is 1.61. The van der Waals surface area contributed by atoms with Crippen LogP contribution in [0.1, 0.15) is 40.0 Å². The van der Waals surface area contributed by atoms with Crippen LogP contribution in [0.5, 0.6) is 0 Å². The molecule has 0 aromatic carbocycles. The van der Waals surface area contributed by atoms with Crippen molar-refractivity contribution in [3.8, 4) is 0 Å². The van der Waals surface area contributed by atoms with E-state index in [1.54, 1.807) is 0 Å². The Bertz CT molecular complexity index is 134. The first-order valence-electron chi connectivity index (χ1n) is 5.04. The van der Waals surface area contributed by atoms with Crippen molar-refractivity contribution in [2.24, 2.45) is 0 Å². The Hall–Kier alpha value is -0.570. The van der Waals surface area contributed by atoms with Gasteiger partial charge in [-0.3, -0.25) is 0 Å². The average Bonchev–Trinajstić information content (AvgIpc) is 2.16. The molecule has 0 saturated heterocycles. The maximum Gasteiger partial charge on any atom is 0.335 e. The van der Waals surface area contributed by atoms with Crippen LogP contribution in [-0.4, -0.2) is 25.3 Å². The molecule has 0 aromatic heterocycles. The summed E-state index contributed by atoms with van der Waals surface area (Å²) in [5.41, 5.74) is 0. The summed E-state index contributed by atoms with van der Waals surface area (Å²) in [6.07, 6.45) is 2.10. The van der Waals surface area contributed by atoms with Crippen molar-refractivity contribution in [2.45, 2.75) is 46.1 Å². The van der Waals surface area contributed by atoms with Gasteiger partial charge in [-0.25, -0.2) is 4.79 Å². The van der Waals surface area contributed by atoms with Crippen LogP contribution in [0.2, 0.25) is 0 Å². The molecular weight excluding hydrogens is 168 g/mol. The van der Waals surface area contributed by atoms with Crippen LogP contribution < -0.4 is 0 Å². The summed E-state index contributed by atoms with van der Waals surface area (Å²) in [7, 11) is 0. The van der Waals surface area contributed by atoms with Gasteiger partial charge in [-0.15, -0.1) is 0 Å². The molecule has 0 N–H and O–H groups in total. The lowest BCUT2D eigenvalue weighted by Crippen LogP contribution is -2.26. The predicted molar refractivity (Wildman–Crippen MR) is 51.6 cm³/mol. The van der Waals surface area contributed by atoms with Gasteiger partial charge in [0.25, 0.3) is 0 Å². The molecule has 0 spiro atoms. The molecule has 0 radical (unpaired) electrons. The monoisotopic (exact) mass is 188 g/mol. The number of ether oxygens (including phenoxy) is 2. The zero-order valence-corrected chi connectivity index (χ0v) is 8.84. The van der Waals surface area contributed by atoms with Crippen molar-refractivity contribution >= 4 is 5.97 Å². The minimum Gasteiger partial charge on any atom is -0.464 e. The Kier molecular flexibility index (Phi) is 7.69. The second kappa shape index (κ2) is 8.05. The van der Waals surface area contributed by atoms with E-state index in [-0.39, 0.29) is 12.1 Å². The first-order chi connectivity index (χ1) is 6.26. The van der Waals surface area contributed by atoms with E-state index in [9.17, 15) is 4.79 Å². The SMILES string of the molecule is CCCOC(=O)C(CC)OCCC. The van der Waals surface area contributed by atoms with Gasteiger partial charge < -0.3 is 9.47 Å². The van der Waals surface area contributed by atoms with Gasteiger partial charge in [0.05, 0.1) is 6.61 Å². The Labute approximate surface area is 80.4 Å². The van der Waals surface area contributed by atoms with Crippen molar-refractivity contribution in [2.75, 3.05) is 13.2 Å². The minimum atomic E-state index is -0.369. The van der Waals surface area contributed by atoms with E-state index in [1.807, 2.05) is 20.8 Å². The molecule has 78 valence electrons. The highest BCUT2D eigenvalue weighted by Gasteiger charge is 2.17. The molecule has 0 bridgehead atoms. The van der Waals surface area contributed by atoms with Gasteiger partial charge in [0, 0.05) is 6.61 Å². The first kappa shape index (κ1) is 12.4. The van der Waals surface area contributed by atoms with Crippen LogP contribution in [0.3, 0.4) is 0 Å². The zero-order valence-electron chi connectivity index (χ0n) is 8.84. The highest BCUT2D eigenvalue weighted by atomic mass is 16.6. The molecule has 0 fully saturated rings. The lowest BCUT2D eigenvalue weighted by molar-refractivity contribution is -0.157. The van der Waals surface area contributed by atoms with E-state index >= 15 is 0 Å². The molecule has 0 aliphatic carbocycles.